The van der Waals surface area contributed by atoms with Crippen molar-refractivity contribution in [2.75, 3.05) is 39.3 Å². The Morgan fingerprint density at radius 1 is 0.961 bits per heavy atom. The smallest absolute Gasteiger partial charge is 0.406 e. The van der Waals surface area contributed by atoms with Crippen LogP contribution in [0.25, 0.3) is 22.0 Å². The number of halogens is 3. The number of ether oxygens (including phenoxy) is 1. The van der Waals surface area contributed by atoms with Gasteiger partial charge in [0.25, 0.3) is 0 Å². The van der Waals surface area contributed by atoms with Crippen LogP contribution in [-0.2, 0) is 24.4 Å². The average molecular weight is 697 g/mol. The maximum absolute atomic E-state index is 12.8. The van der Waals surface area contributed by atoms with Gasteiger partial charge in [-0.2, -0.15) is 10.5 Å². The molecule has 3 aliphatic rings. The number of carbonyl (C=O) groups excluding carboxylic acids is 1. The van der Waals surface area contributed by atoms with Crippen molar-refractivity contribution in [2.24, 2.45) is 0 Å². The van der Waals surface area contributed by atoms with E-state index in [2.05, 4.69) is 65.4 Å². The Labute approximate surface area is 294 Å². The quantitative estimate of drug-likeness (QED) is 0.197. The normalized spacial score (nSPS) is 20.7. The van der Waals surface area contributed by atoms with E-state index in [1.807, 2.05) is 6.20 Å². The number of aryl methyl sites for hydroxylation is 1. The van der Waals surface area contributed by atoms with Gasteiger partial charge in [0.2, 0.25) is 5.91 Å². The van der Waals surface area contributed by atoms with E-state index in [1.165, 1.54) is 12.1 Å². The van der Waals surface area contributed by atoms with Crippen molar-refractivity contribution >= 4 is 16.8 Å². The summed E-state index contributed by atoms with van der Waals surface area (Å²) in [5, 5.41) is 29.7. The van der Waals surface area contributed by atoms with Crippen LogP contribution in [0.4, 0.5) is 13.2 Å². The third-order valence-corrected chi connectivity index (χ3v) is 10.2. The molecule has 1 aromatic heterocycles. The number of nitrogens with zero attached hydrogens (tertiary/aromatic N) is 5. The van der Waals surface area contributed by atoms with Crippen LogP contribution in [0, 0.1) is 22.7 Å². The number of likely N-dealkylation sites (tertiary alicyclic amines) is 2. The highest BCUT2D eigenvalue weighted by atomic mass is 19.4. The first-order chi connectivity index (χ1) is 24.7. The van der Waals surface area contributed by atoms with E-state index in [9.17, 15) is 28.5 Å². The molecule has 0 radical (unpaired) electrons. The molecule has 4 heterocycles. The molecular formula is C38H39F3N8O2. The summed E-state index contributed by atoms with van der Waals surface area (Å²) in [6, 6.07) is 22.6. The van der Waals surface area contributed by atoms with Gasteiger partial charge in [0.05, 0.1) is 29.3 Å². The number of hydrogen-bond donors (Lipinski definition) is 3. The number of nitriles is 2. The van der Waals surface area contributed by atoms with E-state index in [1.54, 1.807) is 30.3 Å². The summed E-state index contributed by atoms with van der Waals surface area (Å²) in [6.07, 6.45) is -1.00. The molecule has 3 atom stereocenters. The molecule has 2 bridgehead atoms. The molecule has 3 aliphatic heterocycles. The van der Waals surface area contributed by atoms with Crippen LogP contribution in [0.15, 0.2) is 66.9 Å². The molecule has 7 rings (SSSR count). The first-order valence-electron chi connectivity index (χ1n) is 17.3. The van der Waals surface area contributed by atoms with Gasteiger partial charge in [-0.3, -0.25) is 14.6 Å². The van der Waals surface area contributed by atoms with Gasteiger partial charge in [0.15, 0.2) is 0 Å². The first kappa shape index (κ1) is 34.5. The Hall–Kier alpha value is -4.92. The van der Waals surface area contributed by atoms with Crippen LogP contribution in [0.1, 0.15) is 35.1 Å². The second-order valence-corrected chi connectivity index (χ2v) is 13.5. The maximum atomic E-state index is 12.8. The average Bonchev–Trinajstić information content (AvgIpc) is 3.83. The molecule has 3 N–H and O–H groups in total. The van der Waals surface area contributed by atoms with Crippen LogP contribution in [0.3, 0.4) is 0 Å². The van der Waals surface area contributed by atoms with Gasteiger partial charge in [-0.05, 0) is 60.4 Å². The fourth-order valence-corrected chi connectivity index (χ4v) is 7.74. The molecule has 51 heavy (non-hydrogen) atoms. The van der Waals surface area contributed by atoms with Crippen LogP contribution in [-0.4, -0.2) is 84.0 Å². The first-order valence-corrected chi connectivity index (χ1v) is 17.3. The molecule has 1 amide bonds. The van der Waals surface area contributed by atoms with E-state index >= 15 is 0 Å². The highest BCUT2D eigenvalue weighted by Crippen LogP contribution is 2.37. The monoisotopic (exact) mass is 696 g/mol. The molecule has 3 aromatic carbocycles. The highest BCUT2D eigenvalue weighted by molar-refractivity contribution is 5.96. The number of alkyl halides is 3. The standard InChI is InChI=1S/C38H39F3N8O2/c39-38(40,41)51-31-8-6-26(7-9-31)34-24-47(14-2-11-46-37(50)35-19-44-12-13-45-35)36-10-5-25(15-32(34)36)20-48-21-30-16-29(48)22-49(30)23-33-27(17-42)3-1-4-28(33)18-43/h1,3-10,15,24,29-30,35,44-45H,2,11-14,16,19-23H2,(H,46,50). The van der Waals surface area contributed by atoms with Crippen molar-refractivity contribution in [3.8, 4) is 29.0 Å². The van der Waals surface area contributed by atoms with Crippen molar-refractivity contribution in [3.63, 3.8) is 0 Å². The number of piperazine rings is 2. The van der Waals surface area contributed by atoms with Crippen LogP contribution in [0.2, 0.25) is 0 Å². The Morgan fingerprint density at radius 3 is 2.33 bits per heavy atom. The zero-order valence-corrected chi connectivity index (χ0v) is 28.0. The largest absolute Gasteiger partial charge is 0.573 e. The molecule has 0 spiro atoms. The minimum absolute atomic E-state index is 0.0244. The number of nitrogens with one attached hydrogen (secondary N) is 3. The lowest BCUT2D eigenvalue weighted by molar-refractivity contribution is -0.274. The summed E-state index contributed by atoms with van der Waals surface area (Å²) >= 11 is 0. The zero-order valence-electron chi connectivity index (χ0n) is 28.0. The van der Waals surface area contributed by atoms with E-state index in [4.69, 9.17) is 0 Å². The van der Waals surface area contributed by atoms with Gasteiger partial charge in [-0.25, -0.2) is 0 Å². The molecule has 0 aliphatic carbocycles. The fourth-order valence-electron chi connectivity index (χ4n) is 7.74. The number of amides is 1. The van der Waals surface area contributed by atoms with Crippen molar-refractivity contribution in [1.29, 1.82) is 10.5 Å². The van der Waals surface area contributed by atoms with Gasteiger partial charge in [-0.1, -0.05) is 24.3 Å². The second-order valence-electron chi connectivity index (χ2n) is 13.5. The molecule has 264 valence electrons. The lowest BCUT2D eigenvalue weighted by Crippen LogP contribution is -2.55. The van der Waals surface area contributed by atoms with Gasteiger partial charge in [0, 0.05) is 99.2 Å². The number of hydrogen-bond acceptors (Lipinski definition) is 8. The highest BCUT2D eigenvalue weighted by Gasteiger charge is 2.43. The Bertz CT molecular complexity index is 1940. The molecule has 3 saturated heterocycles. The summed E-state index contributed by atoms with van der Waals surface area (Å²) in [5.74, 6) is -0.295. The van der Waals surface area contributed by atoms with E-state index in [0.717, 1.165) is 72.3 Å². The molecule has 3 unspecified atom stereocenters. The van der Waals surface area contributed by atoms with Gasteiger partial charge < -0.3 is 25.3 Å². The van der Waals surface area contributed by atoms with Crippen LogP contribution >= 0.6 is 0 Å². The van der Waals surface area contributed by atoms with Gasteiger partial charge in [0.1, 0.15) is 5.75 Å². The molecular weight excluding hydrogens is 657 g/mol. The number of fused-ring (bicyclic) bond motifs is 3. The number of rotatable bonds is 11. The summed E-state index contributed by atoms with van der Waals surface area (Å²) in [5.41, 5.74) is 5.72. The van der Waals surface area contributed by atoms with E-state index in [0.29, 0.717) is 55.8 Å². The predicted molar refractivity (Wildman–Crippen MR) is 185 cm³/mol. The topological polar surface area (TPSA) is 121 Å². The number of carbonyl (C=O) groups is 1. The van der Waals surface area contributed by atoms with Crippen molar-refractivity contribution < 1.29 is 22.7 Å². The third kappa shape index (κ3) is 7.72. The van der Waals surface area contributed by atoms with Gasteiger partial charge in [-0.15, -0.1) is 13.2 Å². The molecule has 13 heteroatoms. The Kier molecular flexibility index (Phi) is 9.98. The summed E-state index contributed by atoms with van der Waals surface area (Å²) in [4.78, 5) is 17.4. The van der Waals surface area contributed by atoms with Crippen molar-refractivity contribution in [2.45, 2.75) is 57.0 Å². The molecule has 3 fully saturated rings. The lowest BCUT2D eigenvalue weighted by Gasteiger charge is -2.34. The lowest BCUT2D eigenvalue weighted by atomic mass is 10.0. The van der Waals surface area contributed by atoms with Crippen LogP contribution in [0.5, 0.6) is 5.75 Å². The molecule has 4 aromatic rings. The van der Waals surface area contributed by atoms with Crippen LogP contribution < -0.4 is 20.7 Å². The number of aromatic nitrogens is 1. The zero-order chi connectivity index (χ0) is 35.5. The summed E-state index contributed by atoms with van der Waals surface area (Å²) < 4.78 is 44.8. The summed E-state index contributed by atoms with van der Waals surface area (Å²) in [7, 11) is 0. The maximum Gasteiger partial charge on any atom is 0.573 e. The summed E-state index contributed by atoms with van der Waals surface area (Å²) in [6.45, 7) is 6.43. The van der Waals surface area contributed by atoms with E-state index in [-0.39, 0.29) is 17.7 Å². The SMILES string of the molecule is N#Cc1cccc(C#N)c1CN1CC2CC1CN2Cc1ccc2c(c1)c(-c1ccc(OC(F)(F)F)cc1)cn2CCCNC(=O)C1CNCCN1. The van der Waals surface area contributed by atoms with Crippen molar-refractivity contribution in [1.82, 2.24) is 30.3 Å². The number of benzene rings is 3. The Balaban J connectivity index is 1.06. The molecule has 0 saturated carbocycles. The minimum atomic E-state index is -4.77. The Morgan fingerprint density at radius 2 is 1.69 bits per heavy atom. The molecule has 10 nitrogen and oxygen atoms in total. The minimum Gasteiger partial charge on any atom is -0.406 e. The third-order valence-electron chi connectivity index (χ3n) is 10.2. The van der Waals surface area contributed by atoms with Gasteiger partial charge >= 0.3 is 6.36 Å². The second kappa shape index (κ2) is 14.7. The van der Waals surface area contributed by atoms with Crippen molar-refractivity contribution in [3.05, 3.63) is 89.1 Å². The fraction of sp³-hybridized carbons (Fsp3) is 0.395. The predicted octanol–water partition coefficient (Wildman–Crippen LogP) is 4.48. The van der Waals surface area contributed by atoms with E-state index < -0.39 is 6.36 Å².